The molecular formula is C15H19N3. The Bertz CT molecular complexity index is 527. The van der Waals surface area contributed by atoms with Gasteiger partial charge in [-0.2, -0.15) is 0 Å². The fourth-order valence-electron chi connectivity index (χ4n) is 2.79. The molecule has 0 radical (unpaired) electrons. The lowest BCUT2D eigenvalue weighted by atomic mass is 10.0. The molecule has 2 heterocycles. The van der Waals surface area contributed by atoms with Crippen LogP contribution in [0.1, 0.15) is 12.8 Å². The molecule has 0 amide bonds. The van der Waals surface area contributed by atoms with Crippen molar-refractivity contribution in [2.45, 2.75) is 18.9 Å². The third-order valence-electron chi connectivity index (χ3n) is 3.86. The minimum absolute atomic E-state index is 0.636. The number of pyridine rings is 1. The molecule has 2 aromatic rings. The number of anilines is 1. The van der Waals surface area contributed by atoms with E-state index in [2.05, 4.69) is 46.5 Å². The van der Waals surface area contributed by atoms with Gasteiger partial charge in [0.2, 0.25) is 0 Å². The van der Waals surface area contributed by atoms with Crippen LogP contribution in [0.15, 0.2) is 36.5 Å². The lowest BCUT2D eigenvalue weighted by molar-refractivity contribution is 0.444. The fourth-order valence-corrected chi connectivity index (χ4v) is 2.79. The second-order valence-corrected chi connectivity index (χ2v) is 4.94. The summed E-state index contributed by atoms with van der Waals surface area (Å²) < 4.78 is 0. The number of aromatic nitrogens is 1. The highest BCUT2D eigenvalue weighted by atomic mass is 15.1. The lowest BCUT2D eigenvalue weighted by Gasteiger charge is -2.34. The third kappa shape index (κ3) is 2.06. The van der Waals surface area contributed by atoms with Gasteiger partial charge in [-0.15, -0.1) is 0 Å². The van der Waals surface area contributed by atoms with Gasteiger partial charge in [-0.1, -0.05) is 6.07 Å². The number of fused-ring (bicyclic) bond motifs is 1. The summed E-state index contributed by atoms with van der Waals surface area (Å²) in [4.78, 5) is 6.85. The number of hydrogen-bond acceptors (Lipinski definition) is 3. The number of piperidine rings is 1. The first-order valence-electron chi connectivity index (χ1n) is 6.63. The molecule has 94 valence electrons. The topological polar surface area (TPSA) is 28.2 Å². The van der Waals surface area contributed by atoms with Gasteiger partial charge in [0.1, 0.15) is 0 Å². The molecule has 0 aliphatic carbocycles. The Morgan fingerprint density at radius 1 is 1.17 bits per heavy atom. The maximum atomic E-state index is 4.43. The van der Waals surface area contributed by atoms with Crippen molar-refractivity contribution in [2.75, 3.05) is 25.0 Å². The Hall–Kier alpha value is -1.61. The number of nitrogens with one attached hydrogen (secondary N) is 1. The summed E-state index contributed by atoms with van der Waals surface area (Å²) in [6, 6.07) is 11.2. The number of benzene rings is 1. The first-order chi connectivity index (χ1) is 8.86. The van der Waals surface area contributed by atoms with Crippen molar-refractivity contribution in [3.05, 3.63) is 36.5 Å². The van der Waals surface area contributed by atoms with Crippen molar-refractivity contribution in [1.29, 1.82) is 0 Å². The monoisotopic (exact) mass is 241 g/mol. The van der Waals surface area contributed by atoms with E-state index in [4.69, 9.17) is 0 Å². The zero-order chi connectivity index (χ0) is 12.4. The highest BCUT2D eigenvalue weighted by Gasteiger charge is 2.19. The molecule has 0 atom stereocenters. The van der Waals surface area contributed by atoms with Crippen molar-refractivity contribution in [3.63, 3.8) is 0 Å². The van der Waals surface area contributed by atoms with Crippen LogP contribution in [0.3, 0.4) is 0 Å². The number of nitrogens with zero attached hydrogens (tertiary/aromatic N) is 2. The lowest BCUT2D eigenvalue weighted by Crippen LogP contribution is -2.41. The maximum Gasteiger partial charge on any atom is 0.0722 e. The van der Waals surface area contributed by atoms with Crippen molar-refractivity contribution < 1.29 is 0 Å². The molecule has 3 rings (SSSR count). The summed E-state index contributed by atoms with van der Waals surface area (Å²) in [7, 11) is 2.21. The van der Waals surface area contributed by atoms with E-state index in [1.807, 2.05) is 12.3 Å². The predicted molar refractivity (Wildman–Crippen MR) is 76.0 cm³/mol. The van der Waals surface area contributed by atoms with Gasteiger partial charge in [0.25, 0.3) is 0 Å². The SMILES string of the molecule is CN(c1cccc2ncccc12)C1CCNCC1. The quantitative estimate of drug-likeness (QED) is 0.875. The molecule has 1 saturated heterocycles. The van der Waals surface area contributed by atoms with E-state index in [9.17, 15) is 0 Å². The number of rotatable bonds is 2. The van der Waals surface area contributed by atoms with Gasteiger partial charge in [0, 0.05) is 30.4 Å². The first kappa shape index (κ1) is 11.5. The summed E-state index contributed by atoms with van der Waals surface area (Å²) in [5, 5.41) is 4.67. The van der Waals surface area contributed by atoms with Gasteiger partial charge in [-0.25, -0.2) is 0 Å². The molecule has 18 heavy (non-hydrogen) atoms. The van der Waals surface area contributed by atoms with Gasteiger partial charge in [0.05, 0.1) is 5.52 Å². The average Bonchev–Trinajstić information content (AvgIpc) is 2.47. The molecule has 1 aromatic heterocycles. The van der Waals surface area contributed by atoms with E-state index in [1.165, 1.54) is 23.9 Å². The van der Waals surface area contributed by atoms with E-state index < -0.39 is 0 Å². The molecule has 3 heteroatoms. The maximum absolute atomic E-state index is 4.43. The van der Waals surface area contributed by atoms with Crippen LogP contribution in [0.2, 0.25) is 0 Å². The van der Waals surface area contributed by atoms with Crippen LogP contribution in [0.5, 0.6) is 0 Å². The molecule has 1 N–H and O–H groups in total. The normalized spacial score (nSPS) is 16.9. The highest BCUT2D eigenvalue weighted by molar-refractivity contribution is 5.91. The second-order valence-electron chi connectivity index (χ2n) is 4.94. The van der Waals surface area contributed by atoms with Crippen LogP contribution in [-0.2, 0) is 0 Å². The summed E-state index contributed by atoms with van der Waals surface area (Å²) >= 11 is 0. The zero-order valence-corrected chi connectivity index (χ0v) is 10.8. The van der Waals surface area contributed by atoms with E-state index in [1.54, 1.807) is 0 Å². The van der Waals surface area contributed by atoms with Crippen molar-refractivity contribution in [3.8, 4) is 0 Å². The molecule has 1 fully saturated rings. The van der Waals surface area contributed by atoms with Crippen molar-refractivity contribution in [2.24, 2.45) is 0 Å². The Labute approximate surface area is 108 Å². The Balaban J connectivity index is 1.97. The van der Waals surface area contributed by atoms with Crippen LogP contribution >= 0.6 is 0 Å². The van der Waals surface area contributed by atoms with Crippen LogP contribution in [-0.4, -0.2) is 31.2 Å². The van der Waals surface area contributed by atoms with E-state index in [0.717, 1.165) is 18.6 Å². The Morgan fingerprint density at radius 3 is 2.83 bits per heavy atom. The van der Waals surface area contributed by atoms with Crippen LogP contribution in [0, 0.1) is 0 Å². The molecule has 3 nitrogen and oxygen atoms in total. The zero-order valence-electron chi connectivity index (χ0n) is 10.8. The summed E-state index contributed by atoms with van der Waals surface area (Å²) in [5.74, 6) is 0. The molecule has 1 aliphatic heterocycles. The molecule has 1 aromatic carbocycles. The molecule has 0 unspecified atom stereocenters. The van der Waals surface area contributed by atoms with Crippen LogP contribution in [0.4, 0.5) is 5.69 Å². The van der Waals surface area contributed by atoms with Gasteiger partial charge < -0.3 is 10.2 Å². The molecule has 0 bridgehead atoms. The van der Waals surface area contributed by atoms with Crippen LogP contribution < -0.4 is 10.2 Å². The Morgan fingerprint density at radius 2 is 2.00 bits per heavy atom. The van der Waals surface area contributed by atoms with Gasteiger partial charge in [0.15, 0.2) is 0 Å². The first-order valence-corrected chi connectivity index (χ1v) is 6.63. The number of hydrogen-bond donors (Lipinski definition) is 1. The molecule has 1 aliphatic rings. The summed E-state index contributed by atoms with van der Waals surface area (Å²) in [5.41, 5.74) is 2.38. The molecular weight excluding hydrogens is 222 g/mol. The average molecular weight is 241 g/mol. The largest absolute Gasteiger partial charge is 0.371 e. The standard InChI is InChI=1S/C15H19N3/c1-18(12-7-10-16-11-8-12)15-6-2-5-14-13(15)4-3-9-17-14/h2-6,9,12,16H,7-8,10-11H2,1H3. The van der Waals surface area contributed by atoms with E-state index in [-0.39, 0.29) is 0 Å². The minimum Gasteiger partial charge on any atom is -0.371 e. The predicted octanol–water partition coefficient (Wildman–Crippen LogP) is 2.42. The van der Waals surface area contributed by atoms with E-state index >= 15 is 0 Å². The molecule has 0 spiro atoms. The van der Waals surface area contributed by atoms with Crippen molar-refractivity contribution >= 4 is 16.6 Å². The van der Waals surface area contributed by atoms with Gasteiger partial charge in [-0.05, 0) is 50.2 Å². The smallest absolute Gasteiger partial charge is 0.0722 e. The third-order valence-corrected chi connectivity index (χ3v) is 3.86. The molecule has 0 saturated carbocycles. The van der Waals surface area contributed by atoms with Gasteiger partial charge >= 0.3 is 0 Å². The van der Waals surface area contributed by atoms with E-state index in [0.29, 0.717) is 6.04 Å². The van der Waals surface area contributed by atoms with Crippen LogP contribution in [0.25, 0.3) is 10.9 Å². The Kier molecular flexibility index (Phi) is 3.15. The fraction of sp³-hybridized carbons (Fsp3) is 0.400. The minimum atomic E-state index is 0.636. The summed E-state index contributed by atoms with van der Waals surface area (Å²) in [6.07, 6.45) is 4.29. The highest BCUT2D eigenvalue weighted by Crippen LogP contribution is 2.27. The van der Waals surface area contributed by atoms with Gasteiger partial charge in [-0.3, -0.25) is 4.98 Å². The summed E-state index contributed by atoms with van der Waals surface area (Å²) in [6.45, 7) is 2.25. The van der Waals surface area contributed by atoms with Crippen molar-refractivity contribution in [1.82, 2.24) is 10.3 Å². The second kappa shape index (κ2) is 4.94.